The Hall–Kier alpha value is -3.73. The van der Waals surface area contributed by atoms with Gasteiger partial charge in [-0.3, -0.25) is 9.59 Å². The first-order valence-corrected chi connectivity index (χ1v) is 9.92. The fourth-order valence-corrected chi connectivity index (χ4v) is 3.52. The van der Waals surface area contributed by atoms with Crippen molar-refractivity contribution in [3.63, 3.8) is 0 Å². The van der Waals surface area contributed by atoms with E-state index in [4.69, 9.17) is 4.74 Å². The van der Waals surface area contributed by atoms with Gasteiger partial charge in [0.1, 0.15) is 5.92 Å². The van der Waals surface area contributed by atoms with Crippen molar-refractivity contribution < 1.29 is 14.3 Å². The van der Waals surface area contributed by atoms with Crippen molar-refractivity contribution in [1.82, 2.24) is 5.01 Å². The molecule has 3 aromatic rings. The van der Waals surface area contributed by atoms with E-state index in [0.29, 0.717) is 13.0 Å². The van der Waals surface area contributed by atoms with Gasteiger partial charge in [-0.15, -0.1) is 0 Å². The average molecular weight is 398 g/mol. The maximum absolute atomic E-state index is 12.9. The van der Waals surface area contributed by atoms with Gasteiger partial charge < -0.3 is 4.74 Å². The van der Waals surface area contributed by atoms with Crippen LogP contribution in [-0.4, -0.2) is 35.7 Å². The van der Waals surface area contributed by atoms with Crippen molar-refractivity contribution in [2.24, 2.45) is 5.10 Å². The van der Waals surface area contributed by atoms with Crippen LogP contribution in [-0.2, 0) is 14.3 Å². The molecule has 1 aliphatic rings. The van der Waals surface area contributed by atoms with Crippen LogP contribution >= 0.6 is 0 Å². The second kappa shape index (κ2) is 9.18. The van der Waals surface area contributed by atoms with Gasteiger partial charge in [-0.05, 0) is 16.7 Å². The number of carbonyl (C=O) groups is 2. The summed E-state index contributed by atoms with van der Waals surface area (Å²) in [5.74, 6) is -1.36. The third-order valence-corrected chi connectivity index (χ3v) is 5.04. The van der Waals surface area contributed by atoms with Crippen LogP contribution in [0.3, 0.4) is 0 Å². The Morgan fingerprint density at radius 3 is 1.93 bits per heavy atom. The number of benzene rings is 3. The normalized spacial score (nSPS) is 13.2. The van der Waals surface area contributed by atoms with E-state index in [1.165, 1.54) is 5.01 Å². The summed E-state index contributed by atoms with van der Waals surface area (Å²) in [7, 11) is 0. The molecule has 0 bridgehead atoms. The first kappa shape index (κ1) is 19.6. The van der Waals surface area contributed by atoms with Crippen LogP contribution in [0.2, 0.25) is 0 Å². The van der Waals surface area contributed by atoms with Crippen LogP contribution in [0, 0.1) is 0 Å². The largest absolute Gasteiger partial charge is 0.455 e. The molecule has 0 atom stereocenters. The monoisotopic (exact) mass is 398 g/mol. The van der Waals surface area contributed by atoms with E-state index < -0.39 is 11.9 Å². The molecule has 5 heteroatoms. The molecular weight excluding hydrogens is 376 g/mol. The van der Waals surface area contributed by atoms with Crippen molar-refractivity contribution in [2.75, 3.05) is 13.2 Å². The number of amides is 1. The van der Waals surface area contributed by atoms with Gasteiger partial charge in [0.2, 0.25) is 0 Å². The van der Waals surface area contributed by atoms with Gasteiger partial charge in [0.05, 0.1) is 12.3 Å². The van der Waals surface area contributed by atoms with Crippen LogP contribution in [0.25, 0.3) is 0 Å². The number of carbonyl (C=O) groups excluding carboxylic acids is 2. The lowest BCUT2D eigenvalue weighted by molar-refractivity contribution is -0.152. The lowest BCUT2D eigenvalue weighted by atomic mass is 9.91. The maximum Gasteiger partial charge on any atom is 0.318 e. The highest BCUT2D eigenvalue weighted by molar-refractivity contribution is 6.02. The molecule has 0 saturated heterocycles. The Bertz CT molecular complexity index is 994. The summed E-state index contributed by atoms with van der Waals surface area (Å²) in [6.45, 7) is 0.155. The molecule has 1 aliphatic heterocycles. The average Bonchev–Trinajstić information content (AvgIpc) is 3.30. The third kappa shape index (κ3) is 4.46. The number of hydrogen-bond donors (Lipinski definition) is 0. The SMILES string of the molecule is O=C(OCC(=O)N1CCC(c2ccccc2)=N1)C(c1ccccc1)c1ccccc1. The smallest absolute Gasteiger partial charge is 0.318 e. The van der Waals surface area contributed by atoms with Gasteiger partial charge in [0.25, 0.3) is 5.91 Å². The molecule has 0 N–H and O–H groups in total. The molecule has 0 saturated carbocycles. The Labute approximate surface area is 175 Å². The molecule has 0 radical (unpaired) electrons. The summed E-state index contributed by atoms with van der Waals surface area (Å²) < 4.78 is 5.43. The zero-order valence-electron chi connectivity index (χ0n) is 16.5. The summed E-state index contributed by atoms with van der Waals surface area (Å²) in [5.41, 5.74) is 3.51. The fourth-order valence-electron chi connectivity index (χ4n) is 3.52. The van der Waals surface area contributed by atoms with Gasteiger partial charge in [-0.2, -0.15) is 5.10 Å². The van der Waals surface area contributed by atoms with Gasteiger partial charge in [0.15, 0.2) is 6.61 Å². The van der Waals surface area contributed by atoms with E-state index in [2.05, 4.69) is 5.10 Å². The Morgan fingerprint density at radius 1 is 0.833 bits per heavy atom. The fraction of sp³-hybridized carbons (Fsp3) is 0.160. The summed E-state index contributed by atoms with van der Waals surface area (Å²) in [6, 6.07) is 28.6. The van der Waals surface area contributed by atoms with E-state index in [9.17, 15) is 9.59 Å². The number of hydrogen-bond acceptors (Lipinski definition) is 4. The number of hydrazone groups is 1. The number of nitrogens with zero attached hydrogens (tertiary/aromatic N) is 2. The molecule has 0 aromatic heterocycles. The van der Waals surface area contributed by atoms with Crippen molar-refractivity contribution in [3.8, 4) is 0 Å². The Kier molecular flexibility index (Phi) is 5.99. The van der Waals surface area contributed by atoms with Crippen molar-refractivity contribution >= 4 is 17.6 Å². The lowest BCUT2D eigenvalue weighted by Crippen LogP contribution is -2.30. The number of ether oxygens (including phenoxy) is 1. The first-order valence-electron chi connectivity index (χ1n) is 9.92. The molecular formula is C25H22N2O3. The first-order chi connectivity index (χ1) is 14.7. The summed E-state index contributed by atoms with van der Waals surface area (Å²) >= 11 is 0. The maximum atomic E-state index is 12.9. The minimum Gasteiger partial charge on any atom is -0.455 e. The molecule has 150 valence electrons. The van der Waals surface area contributed by atoms with E-state index >= 15 is 0 Å². The van der Waals surface area contributed by atoms with Gasteiger partial charge in [-0.25, -0.2) is 5.01 Å². The zero-order valence-corrected chi connectivity index (χ0v) is 16.5. The van der Waals surface area contributed by atoms with Crippen LogP contribution in [0.1, 0.15) is 29.0 Å². The highest BCUT2D eigenvalue weighted by atomic mass is 16.5. The predicted molar refractivity (Wildman–Crippen MR) is 115 cm³/mol. The minimum atomic E-state index is -0.581. The zero-order chi connectivity index (χ0) is 20.8. The summed E-state index contributed by atoms with van der Waals surface area (Å²) in [4.78, 5) is 25.5. The minimum absolute atomic E-state index is 0.325. The van der Waals surface area contributed by atoms with Crippen LogP contribution in [0.15, 0.2) is 96.1 Å². The molecule has 1 amide bonds. The molecule has 3 aromatic carbocycles. The highest BCUT2D eigenvalue weighted by Crippen LogP contribution is 2.26. The Balaban J connectivity index is 1.44. The molecule has 0 spiro atoms. The molecule has 0 fully saturated rings. The molecule has 5 nitrogen and oxygen atoms in total. The van der Waals surface area contributed by atoms with E-state index in [0.717, 1.165) is 22.4 Å². The highest BCUT2D eigenvalue weighted by Gasteiger charge is 2.27. The van der Waals surface area contributed by atoms with Crippen LogP contribution in [0.4, 0.5) is 0 Å². The quantitative estimate of drug-likeness (QED) is 0.590. The van der Waals surface area contributed by atoms with E-state index in [-0.39, 0.29) is 12.5 Å². The van der Waals surface area contributed by atoms with Gasteiger partial charge in [-0.1, -0.05) is 91.0 Å². The molecule has 30 heavy (non-hydrogen) atoms. The van der Waals surface area contributed by atoms with Crippen molar-refractivity contribution in [1.29, 1.82) is 0 Å². The van der Waals surface area contributed by atoms with Crippen LogP contribution in [0.5, 0.6) is 0 Å². The molecule has 0 aliphatic carbocycles. The van der Waals surface area contributed by atoms with E-state index in [1.807, 2.05) is 91.0 Å². The third-order valence-electron chi connectivity index (χ3n) is 5.04. The second-order valence-electron chi connectivity index (χ2n) is 7.04. The standard InChI is InChI=1S/C25H22N2O3/c28-23(27-17-16-22(26-27)19-10-4-1-5-11-19)18-30-25(29)24(20-12-6-2-7-13-20)21-14-8-3-9-15-21/h1-15,24H,16-18H2. The summed E-state index contributed by atoms with van der Waals surface area (Å²) in [6.07, 6.45) is 0.681. The second-order valence-corrected chi connectivity index (χ2v) is 7.04. The number of esters is 1. The predicted octanol–water partition coefficient (Wildman–Crippen LogP) is 4.00. The molecule has 4 rings (SSSR count). The molecule has 0 unspecified atom stereocenters. The van der Waals surface area contributed by atoms with Crippen molar-refractivity contribution in [3.05, 3.63) is 108 Å². The van der Waals surface area contributed by atoms with Gasteiger partial charge in [0, 0.05) is 6.42 Å². The van der Waals surface area contributed by atoms with E-state index in [1.54, 1.807) is 0 Å². The Morgan fingerprint density at radius 2 is 1.37 bits per heavy atom. The number of rotatable bonds is 6. The topological polar surface area (TPSA) is 59.0 Å². The molecule has 1 heterocycles. The van der Waals surface area contributed by atoms with Gasteiger partial charge >= 0.3 is 5.97 Å². The van der Waals surface area contributed by atoms with Crippen molar-refractivity contribution in [2.45, 2.75) is 12.3 Å². The lowest BCUT2D eigenvalue weighted by Gasteiger charge is -2.18. The summed E-state index contributed by atoms with van der Waals surface area (Å²) in [5, 5.41) is 5.79. The van der Waals surface area contributed by atoms with Crippen LogP contribution < -0.4 is 0 Å².